The van der Waals surface area contributed by atoms with E-state index in [4.69, 9.17) is 4.74 Å². The minimum absolute atomic E-state index is 0.669. The Morgan fingerprint density at radius 2 is 2.18 bits per heavy atom. The Hall–Kier alpha value is -1.31. The van der Waals surface area contributed by atoms with Crippen molar-refractivity contribution >= 4 is 5.90 Å². The van der Waals surface area contributed by atoms with E-state index < -0.39 is 0 Å². The van der Waals surface area contributed by atoms with Crippen molar-refractivity contribution in [2.24, 2.45) is 4.99 Å². The number of hydrogen-bond acceptors (Lipinski definition) is 2. The molecule has 0 aromatic heterocycles. The molecule has 0 aliphatic carbocycles. The Bertz CT molecular complexity index is 304. The molecule has 0 bridgehead atoms. The van der Waals surface area contributed by atoms with E-state index in [1.807, 2.05) is 18.2 Å². The van der Waals surface area contributed by atoms with E-state index in [1.165, 1.54) is 5.56 Å². The van der Waals surface area contributed by atoms with Gasteiger partial charge in [0.1, 0.15) is 6.61 Å². The fourth-order valence-electron chi connectivity index (χ4n) is 1.26. The number of nitrogens with zero attached hydrogens (tertiary/aromatic N) is 1. The van der Waals surface area contributed by atoms with Crippen LogP contribution in [0.4, 0.5) is 0 Å². The molecule has 0 amide bonds. The van der Waals surface area contributed by atoms with E-state index in [0.29, 0.717) is 6.61 Å². The highest BCUT2D eigenvalue weighted by Crippen LogP contribution is 2.19. The van der Waals surface area contributed by atoms with Crippen LogP contribution in [-0.2, 0) is 11.3 Å². The molecule has 1 aromatic rings. The lowest BCUT2D eigenvalue weighted by Crippen LogP contribution is -1.95. The largest absolute Gasteiger partial charge is 0.473 e. The average Bonchev–Trinajstić information content (AvgIpc) is 2.47. The molecule has 2 heteroatoms. The first-order chi connectivity index (χ1) is 5.42. The van der Waals surface area contributed by atoms with Crippen LogP contribution in [0.25, 0.3) is 0 Å². The van der Waals surface area contributed by atoms with Gasteiger partial charge >= 0.3 is 0 Å². The van der Waals surface area contributed by atoms with Crippen molar-refractivity contribution < 1.29 is 4.74 Å². The minimum Gasteiger partial charge on any atom is -0.473 e. The first-order valence-corrected chi connectivity index (χ1v) is 3.59. The zero-order chi connectivity index (χ0) is 7.68. The predicted molar refractivity (Wildman–Crippen MR) is 43.7 cm³/mol. The van der Waals surface area contributed by atoms with Crippen LogP contribution in [0.15, 0.2) is 29.3 Å². The van der Waals surface area contributed by atoms with Crippen LogP contribution in [0, 0.1) is 0 Å². The Morgan fingerprint density at radius 3 is 3.00 bits per heavy atom. The lowest BCUT2D eigenvalue weighted by Gasteiger charge is -1.93. The van der Waals surface area contributed by atoms with Crippen LogP contribution in [0.2, 0.25) is 0 Å². The quantitative estimate of drug-likeness (QED) is 0.546. The molecular weight excluding hydrogens is 138 g/mol. The third-order valence-corrected chi connectivity index (χ3v) is 1.82. The van der Waals surface area contributed by atoms with E-state index in [2.05, 4.69) is 11.1 Å². The number of benzene rings is 1. The van der Waals surface area contributed by atoms with Crippen LogP contribution < -0.4 is 0 Å². The summed E-state index contributed by atoms with van der Waals surface area (Å²) in [5.41, 5.74) is 2.36. The molecule has 0 N–H and O–H groups in total. The fourth-order valence-corrected chi connectivity index (χ4v) is 1.26. The molecule has 0 unspecified atom stereocenters. The summed E-state index contributed by atoms with van der Waals surface area (Å²) in [6.07, 6.45) is 0. The maximum Gasteiger partial charge on any atom is 0.216 e. The standard InChI is InChI=1S/C9H9NO/c1-10-9-8-5-3-2-4-7(8)6-11-9/h2-5H,6H2,1H3. The van der Waals surface area contributed by atoms with E-state index in [9.17, 15) is 0 Å². The first kappa shape index (κ1) is 6.40. The van der Waals surface area contributed by atoms with E-state index >= 15 is 0 Å². The van der Waals surface area contributed by atoms with Crippen molar-refractivity contribution in [2.45, 2.75) is 6.61 Å². The second-order valence-electron chi connectivity index (χ2n) is 2.47. The van der Waals surface area contributed by atoms with Gasteiger partial charge in [-0.25, -0.2) is 0 Å². The lowest BCUT2D eigenvalue weighted by molar-refractivity contribution is 0.312. The van der Waals surface area contributed by atoms with Crippen molar-refractivity contribution in [1.29, 1.82) is 0 Å². The number of aliphatic imine (C=N–C) groups is 1. The van der Waals surface area contributed by atoms with Crippen molar-refractivity contribution in [1.82, 2.24) is 0 Å². The molecule has 11 heavy (non-hydrogen) atoms. The second-order valence-corrected chi connectivity index (χ2v) is 2.47. The van der Waals surface area contributed by atoms with Crippen LogP contribution in [0.5, 0.6) is 0 Å². The second kappa shape index (κ2) is 2.38. The Morgan fingerprint density at radius 1 is 1.36 bits per heavy atom. The molecule has 0 atom stereocenters. The monoisotopic (exact) mass is 147 g/mol. The number of fused-ring (bicyclic) bond motifs is 1. The first-order valence-electron chi connectivity index (χ1n) is 3.59. The third kappa shape index (κ3) is 0.909. The number of rotatable bonds is 0. The predicted octanol–water partition coefficient (Wildman–Crippen LogP) is 1.59. The van der Waals surface area contributed by atoms with Gasteiger partial charge in [-0.1, -0.05) is 18.2 Å². The molecule has 0 saturated carbocycles. The molecule has 2 rings (SSSR count). The SMILES string of the molecule is CN=C1OCc2ccccc21. The van der Waals surface area contributed by atoms with Gasteiger partial charge in [0.2, 0.25) is 5.90 Å². The van der Waals surface area contributed by atoms with Crippen LogP contribution >= 0.6 is 0 Å². The fraction of sp³-hybridized carbons (Fsp3) is 0.222. The molecule has 0 spiro atoms. The molecule has 1 aliphatic rings. The smallest absolute Gasteiger partial charge is 0.216 e. The Labute approximate surface area is 65.5 Å². The Balaban J connectivity index is 2.55. The zero-order valence-corrected chi connectivity index (χ0v) is 6.37. The minimum atomic E-state index is 0.669. The van der Waals surface area contributed by atoms with Gasteiger partial charge in [-0.2, -0.15) is 0 Å². The summed E-state index contributed by atoms with van der Waals surface area (Å²) >= 11 is 0. The summed E-state index contributed by atoms with van der Waals surface area (Å²) in [5.74, 6) is 0.764. The molecule has 2 nitrogen and oxygen atoms in total. The van der Waals surface area contributed by atoms with Gasteiger partial charge in [-0.15, -0.1) is 0 Å². The van der Waals surface area contributed by atoms with Gasteiger partial charge < -0.3 is 4.74 Å². The summed E-state index contributed by atoms with van der Waals surface area (Å²) in [5, 5.41) is 0. The highest BCUT2D eigenvalue weighted by Gasteiger charge is 2.16. The summed E-state index contributed by atoms with van der Waals surface area (Å²) in [4.78, 5) is 4.02. The number of hydrogen-bond donors (Lipinski definition) is 0. The summed E-state index contributed by atoms with van der Waals surface area (Å²) in [6.45, 7) is 0.669. The van der Waals surface area contributed by atoms with Crippen LogP contribution in [-0.4, -0.2) is 12.9 Å². The van der Waals surface area contributed by atoms with Gasteiger partial charge in [0.15, 0.2) is 0 Å². The molecule has 0 radical (unpaired) electrons. The highest BCUT2D eigenvalue weighted by atomic mass is 16.5. The molecule has 1 heterocycles. The molecule has 1 aromatic carbocycles. The summed E-state index contributed by atoms with van der Waals surface area (Å²) in [7, 11) is 1.75. The zero-order valence-electron chi connectivity index (χ0n) is 6.37. The highest BCUT2D eigenvalue weighted by molar-refractivity contribution is 5.97. The lowest BCUT2D eigenvalue weighted by atomic mass is 10.1. The normalized spacial score (nSPS) is 18.1. The van der Waals surface area contributed by atoms with E-state index in [1.54, 1.807) is 7.05 Å². The topological polar surface area (TPSA) is 21.6 Å². The molecule has 56 valence electrons. The Kier molecular flexibility index (Phi) is 1.39. The summed E-state index contributed by atoms with van der Waals surface area (Å²) < 4.78 is 5.32. The van der Waals surface area contributed by atoms with Crippen LogP contribution in [0.1, 0.15) is 11.1 Å². The molecular formula is C9H9NO. The summed E-state index contributed by atoms with van der Waals surface area (Å²) in [6, 6.07) is 8.11. The molecule has 0 fully saturated rings. The van der Waals surface area contributed by atoms with E-state index in [0.717, 1.165) is 11.5 Å². The third-order valence-electron chi connectivity index (χ3n) is 1.82. The van der Waals surface area contributed by atoms with E-state index in [-0.39, 0.29) is 0 Å². The van der Waals surface area contributed by atoms with Gasteiger partial charge in [0.05, 0.1) is 0 Å². The molecule has 0 saturated heterocycles. The van der Waals surface area contributed by atoms with Crippen molar-refractivity contribution in [2.75, 3.05) is 7.05 Å². The van der Waals surface area contributed by atoms with Gasteiger partial charge in [0, 0.05) is 18.2 Å². The average molecular weight is 147 g/mol. The van der Waals surface area contributed by atoms with Gasteiger partial charge in [-0.3, -0.25) is 4.99 Å². The van der Waals surface area contributed by atoms with Crippen molar-refractivity contribution in [3.8, 4) is 0 Å². The number of ether oxygens (including phenoxy) is 1. The van der Waals surface area contributed by atoms with Gasteiger partial charge in [0.25, 0.3) is 0 Å². The van der Waals surface area contributed by atoms with Crippen molar-refractivity contribution in [3.63, 3.8) is 0 Å². The van der Waals surface area contributed by atoms with Crippen molar-refractivity contribution in [3.05, 3.63) is 35.4 Å². The maximum atomic E-state index is 5.32. The van der Waals surface area contributed by atoms with Gasteiger partial charge in [-0.05, 0) is 6.07 Å². The molecule has 1 aliphatic heterocycles. The maximum absolute atomic E-state index is 5.32. The van der Waals surface area contributed by atoms with Crippen LogP contribution in [0.3, 0.4) is 0 Å².